The first kappa shape index (κ1) is 84.2. The van der Waals surface area contributed by atoms with Gasteiger partial charge in [-0.15, -0.1) is 0 Å². The zero-order valence-electron chi connectivity index (χ0n) is 59.2. The predicted octanol–water partition coefficient (Wildman–Crippen LogP) is -6.26. The molecule has 6 rings (SSSR count). The molecule has 0 radical (unpaired) electrons. The number of nitrogens with zero attached hydrogens (tertiary/aromatic N) is 2. The molecule has 0 saturated carbocycles. The van der Waals surface area contributed by atoms with Crippen molar-refractivity contribution in [1.82, 2.24) is 52.3 Å². The van der Waals surface area contributed by atoms with Gasteiger partial charge in [0.2, 0.25) is 83.5 Å². The lowest BCUT2D eigenvalue weighted by Crippen LogP contribution is -2.60. The van der Waals surface area contributed by atoms with Gasteiger partial charge in [0.15, 0.2) is 0 Å². The van der Waals surface area contributed by atoms with Gasteiger partial charge in [0.1, 0.15) is 96.6 Å². The Hall–Kier alpha value is -8.76. The van der Waals surface area contributed by atoms with E-state index in [9.17, 15) is 98.4 Å². The predicted molar refractivity (Wildman–Crippen MR) is 365 cm³/mol. The minimum Gasteiger partial charge on any atom is -0.462 e. The van der Waals surface area contributed by atoms with Crippen LogP contribution in [0, 0.1) is 23.7 Å². The summed E-state index contributed by atoms with van der Waals surface area (Å²) in [5.41, 5.74) is 6.78. The highest BCUT2D eigenvalue weighted by Crippen LogP contribution is 2.29. The second kappa shape index (κ2) is 39.4. The molecule has 4 aliphatic rings. The van der Waals surface area contributed by atoms with Crippen LogP contribution < -0.4 is 68.4 Å². The maximum Gasteiger partial charge on any atom is 0.246 e. The molecular weight excluding hydrogens is 1370 g/mol. The molecule has 4 fully saturated rings. The fourth-order valence-corrected chi connectivity index (χ4v) is 11.8. The van der Waals surface area contributed by atoms with Gasteiger partial charge < -0.3 is 129 Å². The zero-order valence-corrected chi connectivity index (χ0v) is 59.2. The molecule has 0 unspecified atom stereocenters. The molecule has 104 heavy (non-hydrogen) atoms. The van der Waals surface area contributed by atoms with E-state index >= 15 is 0 Å². The molecule has 4 heterocycles. The minimum absolute atomic E-state index is 0.129. The Balaban J connectivity index is 0.892. The number of ether oxygens (including phenoxy) is 4. The summed E-state index contributed by atoms with van der Waals surface area (Å²) in [6.07, 6.45) is -14.0. The number of anilines is 2. The summed E-state index contributed by atoms with van der Waals surface area (Å²) in [5.74, 6) is -10.00. The van der Waals surface area contributed by atoms with Crippen LogP contribution in [-0.4, -0.2) is 278 Å². The molecule has 4 aliphatic heterocycles. The highest BCUT2D eigenvalue weighted by molar-refractivity contribution is 5.99. The van der Waals surface area contributed by atoms with Crippen molar-refractivity contribution in [3.8, 4) is 11.5 Å². The summed E-state index contributed by atoms with van der Waals surface area (Å²) in [4.78, 5) is 164. The third kappa shape index (κ3) is 23.4. The van der Waals surface area contributed by atoms with E-state index in [1.54, 1.807) is 55.4 Å². The molecule has 37 heteroatoms. The van der Waals surface area contributed by atoms with Crippen molar-refractivity contribution in [3.63, 3.8) is 0 Å². The highest BCUT2D eigenvalue weighted by Gasteiger charge is 2.47. The number of aliphatic hydroxyl groups excluding tert-OH is 8. The largest absolute Gasteiger partial charge is 0.462 e. The number of nitrogens with two attached hydrogens (primary N) is 1. The van der Waals surface area contributed by atoms with Gasteiger partial charge in [0.05, 0.1) is 45.4 Å². The average molecular weight is 1470 g/mol. The Morgan fingerprint density at radius 1 is 0.452 bits per heavy atom. The summed E-state index contributed by atoms with van der Waals surface area (Å²) < 4.78 is 21.8. The highest BCUT2D eigenvalue weighted by atomic mass is 16.7. The smallest absolute Gasteiger partial charge is 0.246 e. The van der Waals surface area contributed by atoms with Crippen LogP contribution in [0.25, 0.3) is 0 Å². The van der Waals surface area contributed by atoms with Crippen molar-refractivity contribution in [2.75, 3.05) is 63.1 Å². The molecule has 0 aromatic heterocycles. The number of hydrogen-bond acceptors (Lipinski definition) is 25. The number of carbonyl (C=O) groups excluding carboxylic acids is 12. The van der Waals surface area contributed by atoms with Gasteiger partial charge in [-0.05, 0) is 104 Å². The van der Waals surface area contributed by atoms with Crippen LogP contribution in [0.15, 0.2) is 48.5 Å². The Labute approximate surface area is 600 Å². The lowest BCUT2D eigenvalue weighted by molar-refractivity contribution is -0.277. The van der Waals surface area contributed by atoms with E-state index < -0.39 is 238 Å². The van der Waals surface area contributed by atoms with Crippen molar-refractivity contribution in [3.05, 3.63) is 48.5 Å². The van der Waals surface area contributed by atoms with Crippen LogP contribution in [0.4, 0.5) is 11.4 Å². The van der Waals surface area contributed by atoms with Crippen LogP contribution in [0.1, 0.15) is 93.9 Å². The molecule has 2 aromatic carbocycles. The van der Waals surface area contributed by atoms with Gasteiger partial charge in [0.25, 0.3) is 0 Å². The SMILES string of the molecule is CC(C)[C@H](NC(=O)CNC(=O)[C@@H]1CCCN1C(=O)[C@@H](NC(=O)CNC(=O)[C@@H](NC(=O)CNC(=O)[C@@H]1CCCN1C(=O)[C@@H](NC(=O)[C@@H](N)CCC(=O)Nc1ccc(O[C@@H]2O[C@@H](CO)[C@H](O)[C@@H](O)[C@H]2O)cc1)C(C)C)C(C)C)C(C)C)C(=O)NCC(=O)Nc1ccc(O[C@@H]2O[C@@H](CO)[C@H](O)[C@@H](O)[C@H]2O)cc1. The third-order valence-electron chi connectivity index (χ3n) is 17.9. The molecule has 17 atom stereocenters. The van der Waals surface area contributed by atoms with E-state index in [1.807, 2.05) is 0 Å². The van der Waals surface area contributed by atoms with Crippen molar-refractivity contribution >= 4 is 82.3 Å². The van der Waals surface area contributed by atoms with Crippen LogP contribution in [0.3, 0.4) is 0 Å². The maximum atomic E-state index is 14.1. The van der Waals surface area contributed by atoms with Gasteiger partial charge in [-0.1, -0.05) is 55.4 Å². The fraction of sp³-hybridized carbons (Fsp3) is 0.642. The number of nitrogens with one attached hydrogen (secondary N) is 10. The Bertz CT molecular complexity index is 3290. The minimum atomic E-state index is -1.65. The first-order chi connectivity index (χ1) is 49.1. The number of likely N-dealkylation sites (tertiary alicyclic amines) is 2. The average Bonchev–Trinajstić information content (AvgIpc) is 1.18. The summed E-state index contributed by atoms with van der Waals surface area (Å²) in [5, 5.41) is 105. The monoisotopic (exact) mass is 1470 g/mol. The summed E-state index contributed by atoms with van der Waals surface area (Å²) >= 11 is 0. The fourth-order valence-electron chi connectivity index (χ4n) is 11.8. The van der Waals surface area contributed by atoms with Crippen LogP contribution in [0.2, 0.25) is 0 Å². The summed E-state index contributed by atoms with van der Waals surface area (Å²) in [7, 11) is 0. The summed E-state index contributed by atoms with van der Waals surface area (Å²) in [6, 6.07) is 3.48. The topological polar surface area (TPSA) is 556 Å². The molecule has 4 saturated heterocycles. The molecular formula is C67H101N13O24. The Morgan fingerprint density at radius 2 is 0.798 bits per heavy atom. The van der Waals surface area contributed by atoms with Gasteiger partial charge in [-0.3, -0.25) is 57.5 Å². The molecule has 20 N–H and O–H groups in total. The molecule has 12 amide bonds. The quantitative estimate of drug-likeness (QED) is 0.0310. The molecule has 0 bridgehead atoms. The number of aliphatic hydroxyl groups is 8. The Kier molecular flexibility index (Phi) is 31.9. The van der Waals surface area contributed by atoms with E-state index in [0.717, 1.165) is 0 Å². The number of benzene rings is 2. The zero-order chi connectivity index (χ0) is 77.0. The lowest BCUT2D eigenvalue weighted by Gasteiger charge is -2.39. The molecule has 2 aromatic rings. The standard InChI is InChI=1S/C67H101N13O24/c1-31(2)49(62(97)71-25-45(84)74-36-15-19-38(20-16-36)102-67-58(93)56(91)54(89)43(30-82)104-67)75-46(85)26-69-60(95)40-11-9-23-79(40)64(99)51(33(5)6)77-48(87)28-72-63(98)50(32(3)4)76-47(86)27-70-61(96)41-12-10-24-80(41)65(100)52(34(7)8)78-59(94)39(68)21-22-44(83)73-35-13-17-37(18-14-35)101-66-57(92)55(90)53(88)42(29-81)103-66/h13-20,31-34,39-43,49-58,66-67,81-82,88-93H,9-12,21-30,68H2,1-8H3,(H,69,95)(H,70,96)(H,71,97)(H,72,98)(H,73,83)(H,74,84)(H,75,85)(H,76,86)(H,77,87)(H,78,94)/t39-,40-,41-,42-,43-,49-,50-,51-,52-,53-,54-,55+,56+,57+,58+,66+,67+/m0/s1. The first-order valence-electron chi connectivity index (χ1n) is 34.5. The van der Waals surface area contributed by atoms with Crippen molar-refractivity contribution in [2.24, 2.45) is 29.4 Å². The van der Waals surface area contributed by atoms with E-state index in [-0.39, 0.29) is 56.0 Å². The van der Waals surface area contributed by atoms with Crippen molar-refractivity contribution < 1.29 is 117 Å². The van der Waals surface area contributed by atoms with E-state index in [4.69, 9.17) is 24.7 Å². The second-order valence-electron chi connectivity index (χ2n) is 27.3. The maximum absolute atomic E-state index is 14.1. The van der Waals surface area contributed by atoms with Gasteiger partial charge >= 0.3 is 0 Å². The van der Waals surface area contributed by atoms with E-state index in [2.05, 4.69) is 53.2 Å². The van der Waals surface area contributed by atoms with E-state index in [1.165, 1.54) is 58.3 Å². The molecule has 0 aliphatic carbocycles. The number of amides is 12. The third-order valence-corrected chi connectivity index (χ3v) is 17.9. The molecule has 578 valence electrons. The first-order valence-corrected chi connectivity index (χ1v) is 34.5. The summed E-state index contributed by atoms with van der Waals surface area (Å²) in [6.45, 7) is 9.84. The number of hydrogen-bond donors (Lipinski definition) is 19. The van der Waals surface area contributed by atoms with Crippen molar-refractivity contribution in [2.45, 2.75) is 198 Å². The van der Waals surface area contributed by atoms with E-state index in [0.29, 0.717) is 18.5 Å². The molecule has 37 nitrogen and oxygen atoms in total. The number of rotatable bonds is 34. The lowest BCUT2D eigenvalue weighted by atomic mass is 9.99. The van der Waals surface area contributed by atoms with Gasteiger partial charge in [-0.2, -0.15) is 0 Å². The molecule has 0 spiro atoms. The van der Waals surface area contributed by atoms with Gasteiger partial charge in [-0.25, -0.2) is 0 Å². The Morgan fingerprint density at radius 3 is 1.17 bits per heavy atom. The van der Waals surface area contributed by atoms with Crippen molar-refractivity contribution in [1.29, 1.82) is 0 Å². The van der Waals surface area contributed by atoms with Gasteiger partial charge in [0, 0.05) is 30.9 Å². The normalized spacial score (nSPS) is 24.6. The van der Waals surface area contributed by atoms with Crippen LogP contribution in [0.5, 0.6) is 11.5 Å². The number of carbonyl (C=O) groups is 12. The second-order valence-corrected chi connectivity index (χ2v) is 27.3. The van der Waals surface area contributed by atoms with Crippen LogP contribution >= 0.6 is 0 Å². The van der Waals surface area contributed by atoms with Crippen LogP contribution in [-0.2, 0) is 67.0 Å².